The van der Waals surface area contributed by atoms with Gasteiger partial charge in [-0.05, 0) is 18.6 Å². The van der Waals surface area contributed by atoms with E-state index >= 15 is 0 Å². The Morgan fingerprint density at radius 3 is 2.65 bits per heavy atom. The third kappa shape index (κ3) is 5.84. The lowest BCUT2D eigenvalue weighted by Crippen LogP contribution is -2.51. The Morgan fingerprint density at radius 1 is 1.39 bits per heavy atom. The first-order chi connectivity index (χ1) is 10.5. The first kappa shape index (κ1) is 20.0. The van der Waals surface area contributed by atoms with Gasteiger partial charge in [0.25, 0.3) is 0 Å². The van der Waals surface area contributed by atoms with Gasteiger partial charge in [-0.15, -0.1) is 24.0 Å². The molecule has 0 saturated carbocycles. The average Bonchev–Trinajstić information content (AvgIpc) is 2.48. The van der Waals surface area contributed by atoms with Crippen LogP contribution in [0.4, 0.5) is 0 Å². The maximum atomic E-state index is 5.84. The Balaban J connectivity index is 0.00000264. The Hall–Kier alpha value is -1.02. The largest absolute Gasteiger partial charge is 0.491 e. The highest BCUT2D eigenvalue weighted by Crippen LogP contribution is 2.25. The van der Waals surface area contributed by atoms with Crippen LogP contribution in [-0.2, 0) is 4.74 Å². The summed E-state index contributed by atoms with van der Waals surface area (Å²) in [5.41, 5.74) is 1.39. The molecule has 0 spiro atoms. The standard InChI is InChI=1S/C17H27N3O2.HI/c1-14-7-5-6-8-15(14)22-10-9-20(4)16(18-3)19-11-17(2)12-21-13-17;/h5-8H,9-13H2,1-4H3,(H,18,19);1H. The molecule has 0 atom stereocenters. The van der Waals surface area contributed by atoms with Gasteiger partial charge >= 0.3 is 0 Å². The Bertz CT molecular complexity index is 518. The minimum Gasteiger partial charge on any atom is -0.491 e. The summed E-state index contributed by atoms with van der Waals surface area (Å²) in [6.07, 6.45) is 0. The molecule has 23 heavy (non-hydrogen) atoms. The first-order valence-electron chi connectivity index (χ1n) is 7.72. The molecule has 1 N–H and O–H groups in total. The minimum absolute atomic E-state index is 0. The van der Waals surface area contributed by atoms with E-state index in [1.54, 1.807) is 7.05 Å². The van der Waals surface area contributed by atoms with Crippen molar-refractivity contribution in [3.05, 3.63) is 29.8 Å². The highest BCUT2D eigenvalue weighted by molar-refractivity contribution is 14.0. The van der Waals surface area contributed by atoms with Crippen molar-refractivity contribution in [3.8, 4) is 5.75 Å². The Kier molecular flexibility index (Phi) is 8.11. The zero-order valence-corrected chi connectivity index (χ0v) is 16.8. The fourth-order valence-corrected chi connectivity index (χ4v) is 2.35. The van der Waals surface area contributed by atoms with Crippen LogP contribution in [-0.4, -0.2) is 57.9 Å². The van der Waals surface area contributed by atoms with Crippen molar-refractivity contribution in [3.63, 3.8) is 0 Å². The summed E-state index contributed by atoms with van der Waals surface area (Å²) in [6.45, 7) is 8.19. The number of benzene rings is 1. The van der Waals surface area contributed by atoms with Crippen LogP contribution < -0.4 is 10.1 Å². The predicted octanol–water partition coefficient (Wildman–Crippen LogP) is 2.54. The maximum Gasteiger partial charge on any atom is 0.193 e. The topological polar surface area (TPSA) is 46.1 Å². The van der Waals surface area contributed by atoms with Gasteiger partial charge in [-0.25, -0.2) is 0 Å². The van der Waals surface area contributed by atoms with Gasteiger partial charge in [-0.2, -0.15) is 0 Å². The zero-order chi connectivity index (χ0) is 16.0. The number of nitrogens with one attached hydrogen (secondary N) is 1. The number of para-hydroxylation sites is 1. The number of aryl methyl sites for hydroxylation is 1. The molecular formula is C17H28IN3O2. The third-order valence-corrected chi connectivity index (χ3v) is 3.93. The Labute approximate surface area is 156 Å². The average molecular weight is 433 g/mol. The molecule has 1 fully saturated rings. The lowest BCUT2D eigenvalue weighted by molar-refractivity contribution is -0.0972. The summed E-state index contributed by atoms with van der Waals surface area (Å²) >= 11 is 0. The van der Waals surface area contributed by atoms with Crippen LogP contribution in [0.25, 0.3) is 0 Å². The smallest absolute Gasteiger partial charge is 0.193 e. The van der Waals surface area contributed by atoms with Crippen LogP contribution in [0.5, 0.6) is 5.75 Å². The van der Waals surface area contributed by atoms with E-state index in [1.165, 1.54) is 0 Å². The molecule has 6 heteroatoms. The van der Waals surface area contributed by atoms with Gasteiger partial charge < -0.3 is 19.7 Å². The van der Waals surface area contributed by atoms with Crippen molar-refractivity contribution >= 4 is 29.9 Å². The number of hydrogen-bond acceptors (Lipinski definition) is 3. The fourth-order valence-electron chi connectivity index (χ4n) is 2.35. The molecule has 1 aromatic rings. The maximum absolute atomic E-state index is 5.84. The molecule has 0 aliphatic carbocycles. The van der Waals surface area contributed by atoms with E-state index < -0.39 is 0 Å². The van der Waals surface area contributed by atoms with E-state index in [2.05, 4.69) is 35.1 Å². The summed E-state index contributed by atoms with van der Waals surface area (Å²) in [5, 5.41) is 3.41. The molecule has 0 radical (unpaired) electrons. The van der Waals surface area contributed by atoms with E-state index in [0.29, 0.717) is 6.61 Å². The summed E-state index contributed by atoms with van der Waals surface area (Å²) in [5.74, 6) is 1.83. The number of ether oxygens (including phenoxy) is 2. The van der Waals surface area contributed by atoms with Crippen LogP contribution in [0.3, 0.4) is 0 Å². The summed E-state index contributed by atoms with van der Waals surface area (Å²) < 4.78 is 11.1. The second kappa shape index (κ2) is 9.32. The van der Waals surface area contributed by atoms with Crippen LogP contribution in [0.2, 0.25) is 0 Å². The number of hydrogen-bond donors (Lipinski definition) is 1. The monoisotopic (exact) mass is 433 g/mol. The summed E-state index contributed by atoms with van der Waals surface area (Å²) in [4.78, 5) is 6.41. The van der Waals surface area contributed by atoms with Gasteiger partial charge in [0, 0.05) is 26.1 Å². The van der Waals surface area contributed by atoms with Crippen LogP contribution in [0.15, 0.2) is 29.3 Å². The quantitative estimate of drug-likeness (QED) is 0.426. The number of halogens is 1. The molecular weight excluding hydrogens is 405 g/mol. The van der Waals surface area contributed by atoms with E-state index in [4.69, 9.17) is 9.47 Å². The van der Waals surface area contributed by atoms with E-state index in [9.17, 15) is 0 Å². The van der Waals surface area contributed by atoms with Gasteiger partial charge in [0.2, 0.25) is 0 Å². The molecule has 1 aromatic carbocycles. The molecule has 0 bridgehead atoms. The number of nitrogens with zero attached hydrogens (tertiary/aromatic N) is 2. The van der Waals surface area contributed by atoms with Crippen molar-refractivity contribution < 1.29 is 9.47 Å². The van der Waals surface area contributed by atoms with Gasteiger partial charge in [-0.1, -0.05) is 25.1 Å². The molecule has 2 rings (SSSR count). The molecule has 1 heterocycles. The van der Waals surface area contributed by atoms with Gasteiger partial charge in [0.1, 0.15) is 12.4 Å². The van der Waals surface area contributed by atoms with E-state index in [1.807, 2.05) is 25.2 Å². The Morgan fingerprint density at radius 2 is 2.09 bits per heavy atom. The molecule has 1 aliphatic heterocycles. The van der Waals surface area contributed by atoms with Crippen LogP contribution >= 0.6 is 24.0 Å². The summed E-state index contributed by atoms with van der Waals surface area (Å²) in [7, 11) is 3.83. The molecule has 0 unspecified atom stereocenters. The number of rotatable bonds is 6. The minimum atomic E-state index is 0. The number of aliphatic imine (C=N–C) groups is 1. The lowest BCUT2D eigenvalue weighted by atomic mass is 9.89. The van der Waals surface area contributed by atoms with Crippen molar-refractivity contribution in [1.29, 1.82) is 0 Å². The lowest BCUT2D eigenvalue weighted by Gasteiger charge is -2.39. The normalized spacial score (nSPS) is 16.1. The van der Waals surface area contributed by atoms with Crippen molar-refractivity contribution in [1.82, 2.24) is 10.2 Å². The van der Waals surface area contributed by atoms with Gasteiger partial charge in [0.05, 0.1) is 19.8 Å². The molecule has 130 valence electrons. The molecule has 0 aromatic heterocycles. The third-order valence-electron chi connectivity index (χ3n) is 3.93. The fraction of sp³-hybridized carbons (Fsp3) is 0.588. The SMILES string of the molecule is CN=C(NCC1(C)COC1)N(C)CCOc1ccccc1C.I. The van der Waals surface area contributed by atoms with Crippen molar-refractivity contribution in [2.45, 2.75) is 13.8 Å². The highest BCUT2D eigenvalue weighted by Gasteiger charge is 2.33. The predicted molar refractivity (Wildman–Crippen MR) is 105 cm³/mol. The second-order valence-electron chi connectivity index (χ2n) is 6.24. The molecule has 0 amide bonds. The van der Waals surface area contributed by atoms with E-state index in [0.717, 1.165) is 43.6 Å². The zero-order valence-electron chi connectivity index (χ0n) is 14.5. The molecule has 1 aliphatic rings. The highest BCUT2D eigenvalue weighted by atomic mass is 127. The second-order valence-corrected chi connectivity index (χ2v) is 6.24. The van der Waals surface area contributed by atoms with Gasteiger partial charge in [-0.3, -0.25) is 4.99 Å². The number of guanidine groups is 1. The van der Waals surface area contributed by atoms with Crippen LogP contribution in [0.1, 0.15) is 12.5 Å². The number of likely N-dealkylation sites (N-methyl/N-ethyl adjacent to an activating group) is 1. The van der Waals surface area contributed by atoms with Crippen LogP contribution in [0, 0.1) is 12.3 Å². The van der Waals surface area contributed by atoms with Crippen molar-refractivity contribution in [2.75, 3.05) is 47.0 Å². The first-order valence-corrected chi connectivity index (χ1v) is 7.72. The summed E-state index contributed by atoms with van der Waals surface area (Å²) in [6, 6.07) is 8.07. The van der Waals surface area contributed by atoms with Gasteiger partial charge in [0.15, 0.2) is 5.96 Å². The van der Waals surface area contributed by atoms with Crippen molar-refractivity contribution in [2.24, 2.45) is 10.4 Å². The molecule has 1 saturated heterocycles. The van der Waals surface area contributed by atoms with E-state index in [-0.39, 0.29) is 29.4 Å². The molecule has 5 nitrogen and oxygen atoms in total.